The van der Waals surface area contributed by atoms with Gasteiger partial charge in [0.1, 0.15) is 10.7 Å². The molecule has 0 aliphatic heterocycles. The Kier molecular flexibility index (Phi) is 4.94. The smallest absolute Gasteiger partial charge is 0.342 e. The Hall–Kier alpha value is -2.87. The first-order valence-electron chi connectivity index (χ1n) is 7.73. The number of aromatic nitrogens is 3. The zero-order valence-electron chi connectivity index (χ0n) is 14.4. The van der Waals surface area contributed by atoms with Gasteiger partial charge in [0.25, 0.3) is 5.22 Å². The second kappa shape index (κ2) is 7.17. The van der Waals surface area contributed by atoms with Crippen molar-refractivity contribution in [3.05, 3.63) is 63.9 Å². The molecule has 0 fully saturated rings. The van der Waals surface area contributed by atoms with Crippen molar-refractivity contribution in [2.75, 3.05) is 0 Å². The van der Waals surface area contributed by atoms with Gasteiger partial charge in [-0.2, -0.15) is 0 Å². The van der Waals surface area contributed by atoms with E-state index in [1.807, 2.05) is 24.5 Å². The highest BCUT2D eigenvalue weighted by Gasteiger charge is 2.17. The van der Waals surface area contributed by atoms with E-state index in [9.17, 15) is 14.3 Å². The number of aliphatic carboxylic acids is 1. The minimum atomic E-state index is -1.09. The molecule has 0 atom stereocenters. The highest BCUT2D eigenvalue weighted by atomic mass is 32.2. The topological polar surface area (TPSA) is 81.2 Å². The Balaban J connectivity index is 1.99. The fraction of sp³-hybridized carbons (Fsp3) is 0.167. The number of hydrogen-bond acceptors (Lipinski definition) is 5. The van der Waals surface area contributed by atoms with Gasteiger partial charge < -0.3 is 14.1 Å². The second-order valence-corrected chi connectivity index (χ2v) is 6.63. The van der Waals surface area contributed by atoms with Gasteiger partial charge in [0, 0.05) is 24.0 Å². The van der Waals surface area contributed by atoms with Crippen molar-refractivity contribution in [1.29, 1.82) is 0 Å². The predicted molar refractivity (Wildman–Crippen MR) is 95.7 cm³/mol. The molecule has 6 nitrogen and oxygen atoms in total. The van der Waals surface area contributed by atoms with Crippen LogP contribution < -0.4 is 0 Å². The molecule has 1 aromatic carbocycles. The molecule has 0 saturated carbocycles. The summed E-state index contributed by atoms with van der Waals surface area (Å²) in [7, 11) is 0. The van der Waals surface area contributed by atoms with E-state index in [0.29, 0.717) is 5.89 Å². The van der Waals surface area contributed by atoms with E-state index in [2.05, 4.69) is 10.2 Å². The molecule has 26 heavy (non-hydrogen) atoms. The number of halogens is 1. The minimum Gasteiger partial charge on any atom is -0.477 e. The minimum absolute atomic E-state index is 0.0630. The summed E-state index contributed by atoms with van der Waals surface area (Å²) in [5.74, 6) is -1.03. The van der Waals surface area contributed by atoms with E-state index in [1.54, 1.807) is 25.1 Å². The van der Waals surface area contributed by atoms with Crippen LogP contribution in [0.3, 0.4) is 0 Å². The van der Waals surface area contributed by atoms with E-state index in [4.69, 9.17) is 4.42 Å². The predicted octanol–water partition coefficient (Wildman–Crippen LogP) is 4.14. The van der Waals surface area contributed by atoms with Crippen molar-refractivity contribution in [1.82, 2.24) is 14.8 Å². The zero-order chi connectivity index (χ0) is 18.8. The molecule has 0 unspecified atom stereocenters. The monoisotopic (exact) mass is 373 g/mol. The molecule has 134 valence electrons. The molecule has 0 aliphatic carbocycles. The maximum absolute atomic E-state index is 13.2. The number of carboxylic acid groups (broad SMARTS) is 1. The quantitative estimate of drug-likeness (QED) is 0.535. The van der Waals surface area contributed by atoms with E-state index >= 15 is 0 Å². The van der Waals surface area contributed by atoms with Gasteiger partial charge in [-0.05, 0) is 67.6 Å². The average Bonchev–Trinajstić information content (AvgIpc) is 3.11. The molecule has 2 aromatic heterocycles. The Morgan fingerprint density at radius 2 is 1.92 bits per heavy atom. The standard InChI is InChI=1S/C18H16FN3O3S/c1-10-8-13(11(2)22(10)15-6-4-14(19)5-7-15)9-16(17(23)24)26-18-21-20-12(3)25-18/h4-9H,1-3H3,(H,23,24)/b16-9-. The summed E-state index contributed by atoms with van der Waals surface area (Å²) in [6, 6.07) is 8.01. The fourth-order valence-corrected chi connectivity index (χ4v) is 3.32. The lowest BCUT2D eigenvalue weighted by atomic mass is 10.2. The summed E-state index contributed by atoms with van der Waals surface area (Å²) < 4.78 is 20.3. The van der Waals surface area contributed by atoms with Crippen LogP contribution in [0.1, 0.15) is 22.8 Å². The van der Waals surface area contributed by atoms with Crippen LogP contribution in [0.5, 0.6) is 0 Å². The van der Waals surface area contributed by atoms with Crippen molar-refractivity contribution in [2.45, 2.75) is 26.0 Å². The van der Waals surface area contributed by atoms with Crippen LogP contribution in [0.4, 0.5) is 4.39 Å². The molecule has 0 bridgehead atoms. The fourth-order valence-electron chi connectivity index (χ4n) is 2.61. The van der Waals surface area contributed by atoms with Crippen molar-refractivity contribution in [3.63, 3.8) is 0 Å². The number of aryl methyl sites for hydroxylation is 2. The largest absolute Gasteiger partial charge is 0.477 e. The van der Waals surface area contributed by atoms with E-state index < -0.39 is 5.97 Å². The Morgan fingerprint density at radius 1 is 1.23 bits per heavy atom. The summed E-state index contributed by atoms with van der Waals surface area (Å²) >= 11 is 0.897. The molecule has 0 amide bonds. The molecule has 2 heterocycles. The number of rotatable bonds is 5. The first kappa shape index (κ1) is 17.9. The van der Waals surface area contributed by atoms with Gasteiger partial charge in [-0.1, -0.05) is 0 Å². The molecule has 0 saturated heterocycles. The molecule has 0 spiro atoms. The molecule has 3 aromatic rings. The Bertz CT molecular complexity index is 990. The van der Waals surface area contributed by atoms with E-state index in [-0.39, 0.29) is 15.9 Å². The number of thioether (sulfide) groups is 1. The number of carboxylic acids is 1. The summed E-state index contributed by atoms with van der Waals surface area (Å²) in [6.07, 6.45) is 1.56. The number of hydrogen-bond donors (Lipinski definition) is 1. The van der Waals surface area contributed by atoms with Gasteiger partial charge in [0.05, 0.1) is 0 Å². The van der Waals surface area contributed by atoms with Gasteiger partial charge >= 0.3 is 5.97 Å². The van der Waals surface area contributed by atoms with Gasteiger partial charge in [0.2, 0.25) is 5.89 Å². The van der Waals surface area contributed by atoms with E-state index in [0.717, 1.165) is 34.4 Å². The maximum atomic E-state index is 13.2. The van der Waals surface area contributed by atoms with Crippen LogP contribution in [0.15, 0.2) is 44.9 Å². The lowest BCUT2D eigenvalue weighted by Crippen LogP contribution is -2.00. The molecular formula is C18H16FN3O3S. The van der Waals surface area contributed by atoms with Crippen LogP contribution in [-0.4, -0.2) is 25.8 Å². The van der Waals surface area contributed by atoms with Gasteiger partial charge in [-0.15, -0.1) is 10.2 Å². The Labute approximate surface area is 153 Å². The number of carbonyl (C=O) groups is 1. The second-order valence-electron chi connectivity index (χ2n) is 5.64. The first-order chi connectivity index (χ1) is 12.3. The molecule has 1 N–H and O–H groups in total. The summed E-state index contributed by atoms with van der Waals surface area (Å²) in [6.45, 7) is 5.42. The zero-order valence-corrected chi connectivity index (χ0v) is 15.2. The molecule has 8 heteroatoms. The van der Waals surface area contributed by atoms with Gasteiger partial charge in [-0.25, -0.2) is 9.18 Å². The summed E-state index contributed by atoms with van der Waals surface area (Å²) in [5.41, 5.74) is 3.30. The lowest BCUT2D eigenvalue weighted by molar-refractivity contribution is -0.131. The highest BCUT2D eigenvalue weighted by molar-refractivity contribution is 8.03. The van der Waals surface area contributed by atoms with Crippen LogP contribution in [-0.2, 0) is 4.79 Å². The molecular weight excluding hydrogens is 357 g/mol. The highest BCUT2D eigenvalue weighted by Crippen LogP contribution is 2.30. The van der Waals surface area contributed by atoms with Crippen LogP contribution in [0, 0.1) is 26.6 Å². The normalized spacial score (nSPS) is 11.8. The van der Waals surface area contributed by atoms with Gasteiger partial charge in [0.15, 0.2) is 0 Å². The molecule has 3 rings (SSSR count). The summed E-state index contributed by atoms with van der Waals surface area (Å²) in [4.78, 5) is 11.7. The van der Waals surface area contributed by atoms with Crippen LogP contribution in [0.2, 0.25) is 0 Å². The Morgan fingerprint density at radius 3 is 2.50 bits per heavy atom. The number of benzene rings is 1. The lowest BCUT2D eigenvalue weighted by Gasteiger charge is -2.09. The van der Waals surface area contributed by atoms with Crippen LogP contribution in [0.25, 0.3) is 11.8 Å². The SMILES string of the molecule is Cc1nnc(S/C(=C\c2cc(C)n(-c3ccc(F)cc3)c2C)C(=O)O)o1. The maximum Gasteiger partial charge on any atom is 0.342 e. The first-order valence-corrected chi connectivity index (χ1v) is 8.54. The molecule has 0 aliphatic rings. The van der Waals surface area contributed by atoms with Crippen molar-refractivity contribution in [2.24, 2.45) is 0 Å². The molecule has 0 radical (unpaired) electrons. The third kappa shape index (κ3) is 3.70. The van der Waals surface area contributed by atoms with E-state index in [1.165, 1.54) is 12.1 Å². The third-order valence-corrected chi connectivity index (χ3v) is 4.61. The third-order valence-electron chi connectivity index (χ3n) is 3.76. The van der Waals surface area contributed by atoms with Crippen molar-refractivity contribution in [3.8, 4) is 5.69 Å². The van der Waals surface area contributed by atoms with Crippen molar-refractivity contribution < 1.29 is 18.7 Å². The van der Waals surface area contributed by atoms with Crippen LogP contribution >= 0.6 is 11.8 Å². The van der Waals surface area contributed by atoms with Crippen molar-refractivity contribution >= 4 is 23.8 Å². The summed E-state index contributed by atoms with van der Waals surface area (Å²) in [5, 5.41) is 17.2. The van der Waals surface area contributed by atoms with Gasteiger partial charge in [-0.3, -0.25) is 0 Å². The number of nitrogens with zero attached hydrogens (tertiary/aromatic N) is 3. The average molecular weight is 373 g/mol.